The molecule has 24 nitrogen and oxygen atoms in total. The van der Waals surface area contributed by atoms with Crippen LogP contribution >= 0.6 is 40.4 Å². The minimum Gasteiger partial charge on any atom is -0.724 e. The zero-order chi connectivity index (χ0) is 69.6. The summed E-state index contributed by atoms with van der Waals surface area (Å²) in [7, 11) is 19.2. The van der Waals surface area contributed by atoms with Gasteiger partial charge in [0.05, 0.1) is 0 Å². The van der Waals surface area contributed by atoms with Crippen molar-refractivity contribution in [1.29, 1.82) is 0 Å². The third-order valence-electron chi connectivity index (χ3n) is 19.1. The first-order chi connectivity index (χ1) is 46.3. The molecule has 20 N–H and O–H groups in total. The van der Waals surface area contributed by atoms with E-state index in [2.05, 4.69) is 155 Å². The SMILES string of the molecule is C1CCC2NCCNC3CCCC[C@H]3NCCNCCNC2C1.C[C@@H]1NCCNCCNCCNCCN[C@H]1C.C[C@H]1CNC2CCCCC2NC[C@H](C)NC[C@H](C)NCCN1.C[C@H]1NCCNCCNC2CCCCC2NCCN[C@@H]1C.[Cl][Mn][Cl].[Cl][Mn][Cl].[Mn].[N-]=C=O.[N-]=C=O. The smallest absolute Gasteiger partial charge is 0 e. The fourth-order valence-corrected chi connectivity index (χ4v) is 13.3. The van der Waals surface area contributed by atoms with Crippen LogP contribution in [-0.2, 0) is 52.9 Å². The average Bonchev–Trinajstić information content (AvgIpc) is 1.45. The molecule has 7 unspecified atom stereocenters. The van der Waals surface area contributed by atoms with Crippen molar-refractivity contribution in [3.05, 3.63) is 10.8 Å². The molecular formula is C65H138Cl4Mn3N22O2-2. The van der Waals surface area contributed by atoms with Crippen molar-refractivity contribution in [2.24, 2.45) is 0 Å². The van der Waals surface area contributed by atoms with E-state index < -0.39 is 0 Å². The van der Waals surface area contributed by atoms with Crippen LogP contribution in [0, 0.1) is 0 Å². The molecule has 4 aliphatic heterocycles. The molecule has 96 heavy (non-hydrogen) atoms. The number of rotatable bonds is 0. The van der Waals surface area contributed by atoms with Gasteiger partial charge in [0.15, 0.2) is 0 Å². The monoisotopic (exact) mass is 1560 g/mol. The van der Waals surface area contributed by atoms with Crippen LogP contribution in [-0.4, -0.2) is 266 Å². The molecule has 0 aromatic rings. The summed E-state index contributed by atoms with van der Waals surface area (Å²) < 4.78 is 0. The second-order valence-corrected chi connectivity index (χ2v) is 30.5. The summed E-state index contributed by atoms with van der Waals surface area (Å²) in [6.45, 7) is 42.3. The molecule has 4 heterocycles. The molecule has 15 atom stereocenters. The van der Waals surface area contributed by atoms with Crippen LogP contribution < -0.4 is 106 Å². The maximum Gasteiger partial charge on any atom is 0 e. The number of hydrogen-bond acceptors (Lipinski definition) is 22. The van der Waals surface area contributed by atoms with E-state index in [0.717, 1.165) is 164 Å². The Morgan fingerprint density at radius 2 is 0.406 bits per heavy atom. The van der Waals surface area contributed by atoms with Gasteiger partial charge in [-0.2, -0.15) is 0 Å². The van der Waals surface area contributed by atoms with Crippen LogP contribution in [0.25, 0.3) is 10.8 Å². The summed E-state index contributed by atoms with van der Waals surface area (Å²) in [5.74, 6) is 0. The maximum atomic E-state index is 8.24. The first kappa shape index (κ1) is 96.7. The van der Waals surface area contributed by atoms with Crippen molar-refractivity contribution < 1.29 is 52.9 Å². The predicted octanol–water partition coefficient (Wildman–Crippen LogP) is 2.29. The van der Waals surface area contributed by atoms with Gasteiger partial charge in [-0.3, -0.25) is 9.59 Å². The molecule has 4 aliphatic carbocycles. The summed E-state index contributed by atoms with van der Waals surface area (Å²) in [5.41, 5.74) is 0. The molecule has 0 amide bonds. The van der Waals surface area contributed by atoms with Crippen LogP contribution in [0.5, 0.6) is 0 Å². The van der Waals surface area contributed by atoms with Crippen molar-refractivity contribution >= 4 is 52.6 Å². The van der Waals surface area contributed by atoms with Gasteiger partial charge in [-0.05, 0) is 112 Å². The second-order valence-electron chi connectivity index (χ2n) is 26.6. The summed E-state index contributed by atoms with van der Waals surface area (Å²) in [5, 5.41) is 86.3. The summed E-state index contributed by atoms with van der Waals surface area (Å²) in [6.07, 6.45) is 22.6. The topological polar surface area (TPSA) is 319 Å². The summed E-state index contributed by atoms with van der Waals surface area (Å²) in [6, 6.07) is 8.84. The first-order valence-electron chi connectivity index (χ1n) is 36.6. The molecule has 4 saturated heterocycles. The van der Waals surface area contributed by atoms with E-state index in [1.54, 1.807) is 0 Å². The molecule has 31 heteroatoms. The Morgan fingerprint density at radius 1 is 0.260 bits per heavy atom. The molecule has 4 saturated carbocycles. The van der Waals surface area contributed by atoms with Gasteiger partial charge in [0.25, 0.3) is 0 Å². The van der Waals surface area contributed by atoms with Gasteiger partial charge in [-0.15, -0.1) is 0 Å². The van der Waals surface area contributed by atoms with Crippen LogP contribution in [0.4, 0.5) is 0 Å². The Bertz CT molecular complexity index is 1700. The molecule has 571 valence electrons. The molecule has 1 radical (unpaired) electrons. The number of isocyanates is 2. The Balaban J connectivity index is 0.00000119. The van der Waals surface area contributed by atoms with E-state index in [1.807, 2.05) is 0 Å². The van der Waals surface area contributed by atoms with Crippen LogP contribution in [0.1, 0.15) is 151 Å². The van der Waals surface area contributed by atoms with Crippen molar-refractivity contribution in [3.8, 4) is 0 Å². The number of carbonyl (C=O) groups excluding carboxylic acids is 2. The van der Waals surface area contributed by atoms with Crippen molar-refractivity contribution in [3.63, 3.8) is 0 Å². The number of halogens is 4. The van der Waals surface area contributed by atoms with Crippen molar-refractivity contribution in [2.75, 3.05) is 164 Å². The van der Waals surface area contributed by atoms with Gasteiger partial charge in [-0.1, -0.05) is 51.4 Å². The maximum absolute atomic E-state index is 8.24. The second kappa shape index (κ2) is 70.0. The third kappa shape index (κ3) is 53.4. The number of fused-ring (bicyclic) bond motifs is 4. The third-order valence-corrected chi connectivity index (χ3v) is 19.1. The molecular weight excluding hydrogens is 1430 g/mol. The van der Waals surface area contributed by atoms with E-state index in [0.29, 0.717) is 103 Å². The van der Waals surface area contributed by atoms with Gasteiger partial charge in [0.1, 0.15) is 0 Å². The fraction of sp³-hybridized carbons (Fsp3) is 0.969. The Morgan fingerprint density at radius 3 is 0.635 bits per heavy atom. The quantitative estimate of drug-likeness (QED) is 0.0940. The van der Waals surface area contributed by atoms with Gasteiger partial charge in [0.2, 0.25) is 0 Å². The van der Waals surface area contributed by atoms with Crippen molar-refractivity contribution in [2.45, 2.75) is 242 Å². The summed E-state index contributed by atoms with van der Waals surface area (Å²) >= 11 is 0.0139. The van der Waals surface area contributed by atoms with E-state index in [4.69, 9.17) is 60.8 Å². The Kier molecular flexibility index (Phi) is 70.5. The minimum absolute atomic E-state index is 0. The van der Waals surface area contributed by atoms with Gasteiger partial charge in [0, 0.05) is 271 Å². The van der Waals surface area contributed by atoms with Crippen LogP contribution in [0.2, 0.25) is 0 Å². The molecule has 0 aromatic heterocycles. The zero-order valence-corrected chi connectivity index (χ0v) is 66.6. The van der Waals surface area contributed by atoms with Gasteiger partial charge < -0.3 is 117 Å². The molecule has 8 aliphatic rings. The average molecular weight is 1570 g/mol. The van der Waals surface area contributed by atoms with E-state index in [1.165, 1.54) is 103 Å². The Hall–Kier alpha value is 0.678. The molecule has 0 bridgehead atoms. The molecule has 0 aromatic carbocycles. The molecule has 8 fully saturated rings. The largest absolute Gasteiger partial charge is 0.724 e. The fourth-order valence-electron chi connectivity index (χ4n) is 13.3. The normalized spacial score (nSPS) is 32.9. The molecule has 8 rings (SSSR count). The number of nitrogens with zero attached hydrogens (tertiary/aromatic N) is 2. The number of hydrogen-bond donors (Lipinski definition) is 20. The predicted molar refractivity (Wildman–Crippen MR) is 396 cm³/mol. The first-order valence-corrected chi connectivity index (χ1v) is 43.1. The summed E-state index contributed by atoms with van der Waals surface area (Å²) in [4.78, 5) is 16.5. The van der Waals surface area contributed by atoms with E-state index in [-0.39, 0.29) is 43.3 Å². The van der Waals surface area contributed by atoms with E-state index in [9.17, 15) is 0 Å². The minimum atomic E-state index is 0. The molecule has 0 spiro atoms. The van der Waals surface area contributed by atoms with Crippen molar-refractivity contribution in [1.82, 2.24) is 106 Å². The number of nitrogens with one attached hydrogen (secondary N) is 20. The van der Waals surface area contributed by atoms with Crippen LogP contribution in [0.3, 0.4) is 0 Å². The van der Waals surface area contributed by atoms with Gasteiger partial charge in [-0.25, -0.2) is 0 Å². The van der Waals surface area contributed by atoms with Gasteiger partial charge >= 0.3 is 66.7 Å². The standard InChI is InChI=1S/C18H37N5.C17H37N5.C16H35N5.C12H29N5.2CNO.4ClH.3Mn/c1-3-7-17-15(5-1)20-11-9-19-10-12-21-16-6-2-4-8-18(16)23-14-13-22-17;1-13-10-20-15(3)12-22-17-7-5-4-6-16(17)21-11-14(2)19-9-8-18-13;1-13-14(2)19-11-12-21-16-6-4-3-5-15(16)20-10-8-17-7-9-18-13;1-11-12(2)17-10-8-15-6-4-13-3-5-14-7-9-16-11;2*2-1-3;;;;;;;/h15-23H,1-14H2;13-22H,4-12H2,1-3H3;13-21H,3-12H2,1-2H3;11-17H,3-10H2,1-2H3;;;4*1H;;;/q;;;;2*-1;;;;;;2*+2/p-4/t15-,16?,17?,18?;13-,14-,15-,16?,17?;13-,14-,15?,16?;11-,12-;;;;;;;;;/m1010........./s1. The zero-order valence-electron chi connectivity index (χ0n) is 60.0. The van der Waals surface area contributed by atoms with E-state index >= 15 is 0 Å². The van der Waals surface area contributed by atoms with Crippen LogP contribution in [0.15, 0.2) is 0 Å². The Labute approximate surface area is 623 Å².